The molecule has 0 aromatic carbocycles. The molecule has 0 radical (unpaired) electrons. The maximum Gasteiger partial charge on any atom is 0.0345 e. The minimum Gasteiger partial charge on any atom is -0.314 e. The lowest BCUT2D eigenvalue weighted by molar-refractivity contribution is -0.0772. The highest BCUT2D eigenvalue weighted by molar-refractivity contribution is 5.03. The highest BCUT2D eigenvalue weighted by atomic mass is 15.2. The summed E-state index contributed by atoms with van der Waals surface area (Å²) >= 11 is 0. The van der Waals surface area contributed by atoms with Crippen molar-refractivity contribution in [3.63, 3.8) is 0 Å². The average Bonchev–Trinajstić information content (AvgIpc) is 2.23. The summed E-state index contributed by atoms with van der Waals surface area (Å²) in [5, 5.41) is 3.47. The zero-order valence-corrected chi connectivity index (χ0v) is 12.5. The summed E-state index contributed by atoms with van der Waals surface area (Å²) in [7, 11) is 0. The Labute approximate surface area is 118 Å². The second-order valence-electron chi connectivity index (χ2n) is 8.20. The number of nitrogens with one attached hydrogen (secondary N) is 1. The molecule has 4 saturated carbocycles. The molecule has 5 rings (SSSR count). The Hall–Kier alpha value is -0.0800. The standard InChI is InChI=1S/C17H30N2/c1-2-3-19(16-10-18-11-16)12-17-7-13-4-14(8-17)6-15(5-13)9-17/h13-16,18H,2-12H2,1H3. The molecule has 4 aliphatic carbocycles. The van der Waals surface area contributed by atoms with E-state index in [9.17, 15) is 0 Å². The summed E-state index contributed by atoms with van der Waals surface area (Å²) in [4.78, 5) is 2.85. The van der Waals surface area contributed by atoms with Gasteiger partial charge in [0.1, 0.15) is 0 Å². The molecule has 0 amide bonds. The van der Waals surface area contributed by atoms with E-state index in [0.717, 1.165) is 29.2 Å². The van der Waals surface area contributed by atoms with E-state index >= 15 is 0 Å². The Bertz CT molecular complexity index is 299. The van der Waals surface area contributed by atoms with Gasteiger partial charge >= 0.3 is 0 Å². The van der Waals surface area contributed by atoms with E-state index < -0.39 is 0 Å². The van der Waals surface area contributed by atoms with Gasteiger partial charge in [-0.2, -0.15) is 0 Å². The molecule has 1 saturated heterocycles. The van der Waals surface area contributed by atoms with Crippen LogP contribution in [0.25, 0.3) is 0 Å². The van der Waals surface area contributed by atoms with Crippen molar-refractivity contribution < 1.29 is 0 Å². The van der Waals surface area contributed by atoms with Crippen LogP contribution in [0.15, 0.2) is 0 Å². The van der Waals surface area contributed by atoms with Crippen molar-refractivity contribution >= 4 is 0 Å². The molecule has 4 bridgehead atoms. The second kappa shape index (κ2) is 4.73. The lowest BCUT2D eigenvalue weighted by Crippen LogP contribution is -2.61. The molecular formula is C17H30N2. The number of rotatable bonds is 5. The molecule has 5 fully saturated rings. The molecule has 108 valence electrons. The van der Waals surface area contributed by atoms with Crippen molar-refractivity contribution in [1.29, 1.82) is 0 Å². The van der Waals surface area contributed by atoms with Crippen LogP contribution in [0.1, 0.15) is 51.9 Å². The molecule has 0 unspecified atom stereocenters. The Morgan fingerprint density at radius 3 is 2.00 bits per heavy atom. The van der Waals surface area contributed by atoms with E-state index in [0.29, 0.717) is 0 Å². The van der Waals surface area contributed by atoms with E-state index in [2.05, 4.69) is 17.1 Å². The van der Waals surface area contributed by atoms with Crippen molar-refractivity contribution in [2.24, 2.45) is 23.2 Å². The quantitative estimate of drug-likeness (QED) is 0.819. The van der Waals surface area contributed by atoms with Gasteiger partial charge in [0.2, 0.25) is 0 Å². The minimum atomic E-state index is 0.736. The molecule has 0 aromatic heterocycles. The first-order valence-electron chi connectivity index (χ1n) is 8.71. The van der Waals surface area contributed by atoms with Gasteiger partial charge in [0, 0.05) is 25.7 Å². The van der Waals surface area contributed by atoms with E-state index in [4.69, 9.17) is 0 Å². The van der Waals surface area contributed by atoms with Crippen LogP contribution in [-0.4, -0.2) is 37.1 Å². The molecule has 1 heterocycles. The zero-order chi connectivity index (χ0) is 12.9. The van der Waals surface area contributed by atoms with Gasteiger partial charge in [0.15, 0.2) is 0 Å². The third-order valence-corrected chi connectivity index (χ3v) is 6.49. The molecule has 0 spiro atoms. The van der Waals surface area contributed by atoms with Crippen LogP contribution >= 0.6 is 0 Å². The Balaban J connectivity index is 1.48. The van der Waals surface area contributed by atoms with E-state index in [1.54, 1.807) is 38.5 Å². The molecule has 1 N–H and O–H groups in total. The SMILES string of the molecule is CCCN(CC12CC3CC(CC(C3)C1)C2)C1CNC1. The first kappa shape index (κ1) is 12.6. The molecule has 1 aliphatic heterocycles. The van der Waals surface area contributed by atoms with E-state index in [1.165, 1.54) is 32.6 Å². The van der Waals surface area contributed by atoms with Crippen molar-refractivity contribution in [3.05, 3.63) is 0 Å². The predicted molar refractivity (Wildman–Crippen MR) is 79.1 cm³/mol. The Morgan fingerprint density at radius 2 is 1.58 bits per heavy atom. The van der Waals surface area contributed by atoms with Crippen LogP contribution < -0.4 is 5.32 Å². The molecule has 0 aromatic rings. The lowest BCUT2D eigenvalue weighted by Gasteiger charge is -2.58. The maximum absolute atomic E-state index is 3.47. The van der Waals surface area contributed by atoms with Gasteiger partial charge in [-0.25, -0.2) is 0 Å². The van der Waals surface area contributed by atoms with Gasteiger partial charge in [-0.3, -0.25) is 4.90 Å². The van der Waals surface area contributed by atoms with Gasteiger partial charge in [-0.05, 0) is 74.7 Å². The van der Waals surface area contributed by atoms with Crippen molar-refractivity contribution in [2.75, 3.05) is 26.2 Å². The van der Waals surface area contributed by atoms with Gasteiger partial charge < -0.3 is 5.32 Å². The van der Waals surface area contributed by atoms with Crippen LogP contribution in [0.2, 0.25) is 0 Å². The van der Waals surface area contributed by atoms with Crippen LogP contribution in [0, 0.1) is 23.2 Å². The predicted octanol–water partition coefficient (Wildman–Crippen LogP) is 2.89. The number of nitrogens with zero attached hydrogens (tertiary/aromatic N) is 1. The molecule has 2 heteroatoms. The molecule has 0 atom stereocenters. The van der Waals surface area contributed by atoms with E-state index in [-0.39, 0.29) is 0 Å². The van der Waals surface area contributed by atoms with Gasteiger partial charge in [-0.15, -0.1) is 0 Å². The zero-order valence-electron chi connectivity index (χ0n) is 12.5. The molecule has 2 nitrogen and oxygen atoms in total. The third kappa shape index (κ3) is 2.25. The average molecular weight is 262 g/mol. The van der Waals surface area contributed by atoms with Crippen molar-refractivity contribution in [1.82, 2.24) is 10.2 Å². The number of hydrogen-bond acceptors (Lipinski definition) is 2. The first-order valence-corrected chi connectivity index (χ1v) is 8.71. The summed E-state index contributed by atoms with van der Waals surface area (Å²) in [5.41, 5.74) is 0.736. The van der Waals surface area contributed by atoms with Gasteiger partial charge in [0.05, 0.1) is 0 Å². The van der Waals surface area contributed by atoms with Gasteiger partial charge in [-0.1, -0.05) is 6.92 Å². The maximum atomic E-state index is 3.47. The van der Waals surface area contributed by atoms with Crippen LogP contribution in [-0.2, 0) is 0 Å². The highest BCUT2D eigenvalue weighted by Crippen LogP contribution is 2.60. The topological polar surface area (TPSA) is 15.3 Å². The first-order chi connectivity index (χ1) is 9.26. The summed E-state index contributed by atoms with van der Waals surface area (Å²) in [6.07, 6.45) is 10.8. The van der Waals surface area contributed by atoms with Crippen LogP contribution in [0.3, 0.4) is 0 Å². The Kier molecular flexibility index (Phi) is 3.15. The monoisotopic (exact) mass is 262 g/mol. The lowest BCUT2D eigenvalue weighted by atomic mass is 9.49. The summed E-state index contributed by atoms with van der Waals surface area (Å²) < 4.78 is 0. The van der Waals surface area contributed by atoms with Crippen molar-refractivity contribution in [2.45, 2.75) is 57.9 Å². The fraction of sp³-hybridized carbons (Fsp3) is 1.00. The van der Waals surface area contributed by atoms with Crippen LogP contribution in [0.4, 0.5) is 0 Å². The van der Waals surface area contributed by atoms with Crippen molar-refractivity contribution in [3.8, 4) is 0 Å². The number of hydrogen-bond donors (Lipinski definition) is 1. The summed E-state index contributed by atoms with van der Waals surface area (Å²) in [5.74, 6) is 3.32. The molecular weight excluding hydrogens is 232 g/mol. The second-order valence-corrected chi connectivity index (χ2v) is 8.20. The third-order valence-electron chi connectivity index (χ3n) is 6.49. The fourth-order valence-electron chi connectivity index (χ4n) is 6.12. The normalized spacial score (nSPS) is 44.8. The summed E-state index contributed by atoms with van der Waals surface area (Å²) in [6.45, 7) is 7.59. The Morgan fingerprint density at radius 1 is 1.00 bits per heavy atom. The smallest absolute Gasteiger partial charge is 0.0345 e. The molecule has 19 heavy (non-hydrogen) atoms. The van der Waals surface area contributed by atoms with E-state index in [1.807, 2.05) is 0 Å². The largest absolute Gasteiger partial charge is 0.314 e. The highest BCUT2D eigenvalue weighted by Gasteiger charge is 2.51. The minimum absolute atomic E-state index is 0.736. The fourth-order valence-corrected chi connectivity index (χ4v) is 6.12. The molecule has 5 aliphatic rings. The van der Waals surface area contributed by atoms with Crippen LogP contribution in [0.5, 0.6) is 0 Å². The van der Waals surface area contributed by atoms with Gasteiger partial charge in [0.25, 0.3) is 0 Å². The summed E-state index contributed by atoms with van der Waals surface area (Å²) in [6, 6.07) is 0.855.